The molecule has 2 aromatic rings. The predicted octanol–water partition coefficient (Wildman–Crippen LogP) is 2.51. The van der Waals surface area contributed by atoms with Gasteiger partial charge < -0.3 is 9.32 Å². The van der Waals surface area contributed by atoms with E-state index in [-0.39, 0.29) is 34.6 Å². The molecule has 0 radical (unpaired) electrons. The Morgan fingerprint density at radius 1 is 1.36 bits per heavy atom. The molecule has 2 aliphatic rings. The summed E-state index contributed by atoms with van der Waals surface area (Å²) < 4.78 is 28.8. The zero-order valence-electron chi connectivity index (χ0n) is 15.9. The number of benzene rings is 1. The fourth-order valence-electron chi connectivity index (χ4n) is 3.95. The van der Waals surface area contributed by atoms with Crippen molar-refractivity contribution in [1.29, 1.82) is 0 Å². The average Bonchev–Trinajstić information content (AvgIpc) is 3.31. The van der Waals surface area contributed by atoms with Crippen molar-refractivity contribution in [2.24, 2.45) is 5.92 Å². The Hall–Kier alpha value is -1.87. The molecule has 28 heavy (non-hydrogen) atoms. The van der Waals surface area contributed by atoms with Crippen molar-refractivity contribution in [2.75, 3.05) is 16.4 Å². The molecule has 1 amide bonds. The molecule has 9 heteroatoms. The van der Waals surface area contributed by atoms with Gasteiger partial charge in [0.25, 0.3) is 5.22 Å². The quantitative estimate of drug-likeness (QED) is 0.685. The maximum atomic E-state index is 13.0. The molecule has 1 fully saturated rings. The zero-order chi connectivity index (χ0) is 19.9. The Morgan fingerprint density at radius 2 is 2.14 bits per heavy atom. The van der Waals surface area contributed by atoms with E-state index < -0.39 is 9.84 Å². The molecule has 1 aromatic carbocycles. The highest BCUT2D eigenvalue weighted by Gasteiger charge is 2.34. The van der Waals surface area contributed by atoms with Gasteiger partial charge in [0.05, 0.1) is 16.8 Å². The van der Waals surface area contributed by atoms with Gasteiger partial charge in [-0.2, -0.15) is 0 Å². The van der Waals surface area contributed by atoms with Crippen LogP contribution in [0.3, 0.4) is 0 Å². The third kappa shape index (κ3) is 3.96. The van der Waals surface area contributed by atoms with Crippen molar-refractivity contribution in [2.45, 2.75) is 49.6 Å². The largest absolute Gasteiger partial charge is 0.416 e. The van der Waals surface area contributed by atoms with Crippen molar-refractivity contribution in [3.8, 4) is 0 Å². The minimum absolute atomic E-state index is 0.0177. The molecule has 2 aliphatic heterocycles. The van der Waals surface area contributed by atoms with E-state index in [1.165, 1.54) is 17.3 Å². The number of thioether (sulfide) groups is 1. The SMILES string of the molecule is CC(Sc1nnc(CC2CCS(=O)(=O)C2)o1)C(=O)N1c2ccccc2CC1C. The lowest BCUT2D eigenvalue weighted by Crippen LogP contribution is -2.40. The first-order valence-electron chi connectivity index (χ1n) is 9.43. The van der Waals surface area contributed by atoms with Crippen LogP contribution in [0.2, 0.25) is 0 Å². The first-order valence-corrected chi connectivity index (χ1v) is 12.1. The number of para-hydroxylation sites is 1. The number of aromatic nitrogens is 2. The maximum Gasteiger partial charge on any atom is 0.277 e. The van der Waals surface area contributed by atoms with Gasteiger partial charge >= 0.3 is 0 Å². The third-order valence-corrected chi connectivity index (χ3v) is 8.07. The van der Waals surface area contributed by atoms with E-state index in [2.05, 4.69) is 23.2 Å². The normalized spacial score (nSPS) is 24.3. The first kappa shape index (κ1) is 19.4. The van der Waals surface area contributed by atoms with Crippen molar-refractivity contribution >= 4 is 33.2 Å². The van der Waals surface area contributed by atoms with Gasteiger partial charge in [-0.05, 0) is 44.2 Å². The van der Waals surface area contributed by atoms with Crippen molar-refractivity contribution in [3.05, 3.63) is 35.7 Å². The lowest BCUT2D eigenvalue weighted by molar-refractivity contribution is -0.118. The monoisotopic (exact) mass is 421 g/mol. The molecule has 0 spiro atoms. The molecular formula is C19H23N3O4S2. The minimum atomic E-state index is -2.92. The van der Waals surface area contributed by atoms with Crippen LogP contribution in [-0.2, 0) is 27.5 Å². The molecule has 4 rings (SSSR count). The Kier molecular flexibility index (Phi) is 5.22. The molecule has 0 aliphatic carbocycles. The number of fused-ring (bicyclic) bond motifs is 1. The van der Waals surface area contributed by atoms with Gasteiger partial charge in [0.1, 0.15) is 0 Å². The summed E-state index contributed by atoms with van der Waals surface area (Å²) in [6.45, 7) is 3.89. The average molecular weight is 422 g/mol. The van der Waals surface area contributed by atoms with Crippen LogP contribution in [0.15, 0.2) is 33.9 Å². The van der Waals surface area contributed by atoms with Gasteiger partial charge in [-0.1, -0.05) is 30.0 Å². The lowest BCUT2D eigenvalue weighted by Gasteiger charge is -2.25. The molecule has 3 heterocycles. The summed E-state index contributed by atoms with van der Waals surface area (Å²) in [5.41, 5.74) is 2.16. The van der Waals surface area contributed by atoms with E-state index >= 15 is 0 Å². The fraction of sp³-hybridized carbons (Fsp3) is 0.526. The second-order valence-corrected chi connectivity index (χ2v) is 11.1. The molecule has 1 aromatic heterocycles. The van der Waals surface area contributed by atoms with Crippen molar-refractivity contribution in [3.63, 3.8) is 0 Å². The highest BCUT2D eigenvalue weighted by Crippen LogP contribution is 2.34. The second kappa shape index (κ2) is 7.51. The van der Waals surface area contributed by atoms with E-state index in [0.29, 0.717) is 24.0 Å². The van der Waals surface area contributed by atoms with Crippen LogP contribution in [0.4, 0.5) is 5.69 Å². The van der Waals surface area contributed by atoms with Crippen LogP contribution in [-0.4, -0.2) is 47.3 Å². The number of amides is 1. The Labute approximate surface area is 168 Å². The van der Waals surface area contributed by atoms with E-state index in [1.54, 1.807) is 0 Å². The standard InChI is InChI=1S/C19H23N3O4S2/c1-12-9-15-5-3-4-6-16(15)22(12)18(23)13(2)27-19-21-20-17(26-19)10-14-7-8-28(24,25)11-14/h3-6,12-14H,7-11H2,1-2H3. The highest BCUT2D eigenvalue weighted by molar-refractivity contribution is 8.00. The fourth-order valence-corrected chi connectivity index (χ4v) is 6.56. The summed E-state index contributed by atoms with van der Waals surface area (Å²) in [5, 5.41) is 8.04. The summed E-state index contributed by atoms with van der Waals surface area (Å²) in [7, 11) is -2.92. The molecule has 0 N–H and O–H groups in total. The maximum absolute atomic E-state index is 13.0. The number of anilines is 1. The van der Waals surface area contributed by atoms with Crippen LogP contribution in [0.25, 0.3) is 0 Å². The molecule has 0 bridgehead atoms. The number of hydrogen-bond donors (Lipinski definition) is 0. The summed E-state index contributed by atoms with van der Waals surface area (Å²) in [4.78, 5) is 14.9. The number of sulfone groups is 1. The Bertz CT molecular complexity index is 989. The van der Waals surface area contributed by atoms with Crippen LogP contribution in [0, 0.1) is 5.92 Å². The minimum Gasteiger partial charge on any atom is -0.416 e. The second-order valence-electron chi connectivity index (χ2n) is 7.59. The molecule has 7 nitrogen and oxygen atoms in total. The van der Waals surface area contributed by atoms with Gasteiger partial charge in [0.2, 0.25) is 11.8 Å². The van der Waals surface area contributed by atoms with Gasteiger partial charge in [0.15, 0.2) is 9.84 Å². The smallest absolute Gasteiger partial charge is 0.277 e. The van der Waals surface area contributed by atoms with Crippen LogP contribution < -0.4 is 4.90 Å². The van der Waals surface area contributed by atoms with Gasteiger partial charge in [0, 0.05) is 18.2 Å². The van der Waals surface area contributed by atoms with E-state index in [4.69, 9.17) is 4.42 Å². The van der Waals surface area contributed by atoms with Crippen molar-refractivity contribution in [1.82, 2.24) is 10.2 Å². The van der Waals surface area contributed by atoms with E-state index in [0.717, 1.165) is 12.1 Å². The van der Waals surface area contributed by atoms with Gasteiger partial charge in [-0.15, -0.1) is 10.2 Å². The highest BCUT2D eigenvalue weighted by atomic mass is 32.2. The van der Waals surface area contributed by atoms with Gasteiger partial charge in [-0.3, -0.25) is 4.79 Å². The number of carbonyl (C=O) groups is 1. The molecule has 150 valence electrons. The van der Waals surface area contributed by atoms with E-state index in [9.17, 15) is 13.2 Å². The number of carbonyl (C=O) groups excluding carboxylic acids is 1. The molecule has 3 atom stereocenters. The van der Waals surface area contributed by atoms with E-state index in [1.807, 2.05) is 30.0 Å². The van der Waals surface area contributed by atoms with Crippen LogP contribution in [0.1, 0.15) is 31.7 Å². The van der Waals surface area contributed by atoms with Crippen molar-refractivity contribution < 1.29 is 17.6 Å². The molecular weight excluding hydrogens is 398 g/mol. The predicted molar refractivity (Wildman–Crippen MR) is 107 cm³/mol. The zero-order valence-corrected chi connectivity index (χ0v) is 17.5. The summed E-state index contributed by atoms with van der Waals surface area (Å²) >= 11 is 1.24. The topological polar surface area (TPSA) is 93.4 Å². The Morgan fingerprint density at radius 3 is 2.89 bits per heavy atom. The van der Waals surface area contributed by atoms with Crippen LogP contribution >= 0.6 is 11.8 Å². The first-order chi connectivity index (χ1) is 13.3. The Balaban J connectivity index is 1.40. The number of rotatable bonds is 5. The third-order valence-electron chi connectivity index (χ3n) is 5.31. The molecule has 3 unspecified atom stereocenters. The lowest BCUT2D eigenvalue weighted by atomic mass is 10.1. The van der Waals surface area contributed by atoms with Gasteiger partial charge in [-0.25, -0.2) is 8.42 Å². The summed E-state index contributed by atoms with van der Waals surface area (Å²) in [6, 6.07) is 8.10. The number of nitrogens with zero attached hydrogens (tertiary/aromatic N) is 3. The molecule has 0 saturated carbocycles. The van der Waals surface area contributed by atoms with Crippen LogP contribution in [0.5, 0.6) is 0 Å². The molecule has 1 saturated heterocycles. The summed E-state index contributed by atoms with van der Waals surface area (Å²) in [6.07, 6.45) is 1.95. The number of hydrogen-bond acceptors (Lipinski definition) is 7. The summed E-state index contributed by atoms with van der Waals surface area (Å²) in [5.74, 6) is 0.894.